The van der Waals surface area contributed by atoms with Gasteiger partial charge < -0.3 is 14.6 Å². The topological polar surface area (TPSA) is 61.6 Å². The third-order valence-corrected chi connectivity index (χ3v) is 5.82. The molecule has 0 spiro atoms. The third kappa shape index (κ3) is 3.86. The van der Waals surface area contributed by atoms with E-state index in [2.05, 4.69) is 22.0 Å². The molecule has 1 atom stereocenters. The number of carbonyl (C=O) groups is 1. The minimum atomic E-state index is -0.933. The molecule has 1 saturated heterocycles. The number of imidazole rings is 1. The number of carboxylic acid groups (broad SMARTS) is 1. The molecule has 2 aromatic carbocycles. The van der Waals surface area contributed by atoms with Crippen molar-refractivity contribution in [3.63, 3.8) is 0 Å². The summed E-state index contributed by atoms with van der Waals surface area (Å²) >= 11 is 6.55. The lowest BCUT2D eigenvalue weighted by atomic mass is 10.1. The van der Waals surface area contributed by atoms with Gasteiger partial charge in [-0.1, -0.05) is 60.1 Å². The number of rotatable bonds is 5. The lowest BCUT2D eigenvalue weighted by Crippen LogP contribution is -2.49. The Morgan fingerprint density at radius 3 is 2.17 bits per heavy atom. The summed E-state index contributed by atoms with van der Waals surface area (Å²) in [5.41, 5.74) is 2.45. The van der Waals surface area contributed by atoms with Crippen molar-refractivity contribution in [3.8, 4) is 11.4 Å². The molecule has 0 bridgehead atoms. The van der Waals surface area contributed by atoms with Crippen molar-refractivity contribution in [2.45, 2.75) is 6.04 Å². The number of nitrogens with zero attached hydrogens (tertiary/aromatic N) is 4. The Bertz CT molecular complexity index is 983. The van der Waals surface area contributed by atoms with Gasteiger partial charge in [-0.2, -0.15) is 0 Å². The minimum absolute atomic E-state index is 0.363. The monoisotopic (exact) mass is 410 g/mol. The fourth-order valence-corrected chi connectivity index (χ4v) is 4.07. The van der Waals surface area contributed by atoms with Crippen LogP contribution in [-0.2, 0) is 11.8 Å². The van der Waals surface area contributed by atoms with Crippen LogP contribution in [0.5, 0.6) is 0 Å². The van der Waals surface area contributed by atoms with Crippen molar-refractivity contribution in [3.05, 3.63) is 71.5 Å². The summed E-state index contributed by atoms with van der Waals surface area (Å²) in [4.78, 5) is 21.1. The number of carboxylic acids is 1. The van der Waals surface area contributed by atoms with Gasteiger partial charge in [0.05, 0.1) is 0 Å². The first-order chi connectivity index (χ1) is 14.1. The zero-order valence-electron chi connectivity index (χ0n) is 16.2. The molecule has 1 fully saturated rings. The van der Waals surface area contributed by atoms with Crippen LogP contribution in [-0.4, -0.2) is 51.7 Å². The normalized spacial score (nSPS) is 16.0. The molecule has 0 radical (unpaired) electrons. The molecule has 29 heavy (non-hydrogen) atoms. The lowest BCUT2D eigenvalue weighted by molar-refractivity contribution is -0.143. The minimum Gasteiger partial charge on any atom is -0.480 e. The second-order valence-corrected chi connectivity index (χ2v) is 7.49. The zero-order valence-corrected chi connectivity index (χ0v) is 17.0. The Balaban J connectivity index is 1.59. The number of para-hydroxylation sites is 1. The molecule has 0 amide bonds. The van der Waals surface area contributed by atoms with Crippen molar-refractivity contribution < 1.29 is 9.90 Å². The molecule has 3 aromatic rings. The van der Waals surface area contributed by atoms with E-state index in [9.17, 15) is 9.90 Å². The maximum atomic E-state index is 12.2. The fourth-order valence-electron chi connectivity index (χ4n) is 3.84. The van der Waals surface area contributed by atoms with Crippen molar-refractivity contribution >= 4 is 23.3 Å². The second kappa shape index (κ2) is 8.27. The highest BCUT2D eigenvalue weighted by atomic mass is 35.5. The molecule has 7 heteroatoms. The van der Waals surface area contributed by atoms with Crippen molar-refractivity contribution in [2.24, 2.45) is 7.05 Å². The third-order valence-electron chi connectivity index (χ3n) is 5.38. The maximum Gasteiger partial charge on any atom is 0.327 e. The molecule has 1 aliphatic heterocycles. The van der Waals surface area contributed by atoms with E-state index in [4.69, 9.17) is 11.6 Å². The first-order valence-corrected chi connectivity index (χ1v) is 9.98. The smallest absolute Gasteiger partial charge is 0.327 e. The second-order valence-electron chi connectivity index (χ2n) is 7.14. The van der Waals surface area contributed by atoms with Crippen molar-refractivity contribution in [2.75, 3.05) is 31.1 Å². The Morgan fingerprint density at radius 2 is 1.59 bits per heavy atom. The molecular weight excluding hydrogens is 388 g/mol. The molecule has 6 nitrogen and oxygen atoms in total. The fraction of sp³-hybridized carbons (Fsp3) is 0.273. The molecule has 1 N–H and O–H groups in total. The Labute approximate surface area is 175 Å². The van der Waals surface area contributed by atoms with Gasteiger partial charge in [-0.15, -0.1) is 0 Å². The van der Waals surface area contributed by atoms with E-state index in [1.165, 1.54) is 0 Å². The molecule has 2 heterocycles. The number of halogens is 1. The van der Waals surface area contributed by atoms with Gasteiger partial charge >= 0.3 is 5.97 Å². The standard InChI is InChI=1S/C22H23ClN4O2/c1-25-20(23)18(24-21(25)16-8-4-2-5-9-16)19(22(28)29)27-14-12-26(13-15-27)17-10-6-3-7-11-17/h2-11,19H,12-15H2,1H3,(H,28,29). The summed E-state index contributed by atoms with van der Waals surface area (Å²) in [6, 6.07) is 19.0. The SMILES string of the molecule is Cn1c(-c2ccccc2)nc(C(C(=O)O)N2CCN(c3ccccc3)CC2)c1Cl. The number of hydrogen-bond donors (Lipinski definition) is 1. The van der Waals surface area contributed by atoms with Crippen LogP contribution in [0, 0.1) is 0 Å². The number of benzene rings is 2. The number of aromatic nitrogens is 2. The predicted molar refractivity (Wildman–Crippen MR) is 114 cm³/mol. The molecule has 1 aliphatic rings. The number of hydrogen-bond acceptors (Lipinski definition) is 4. The Hall–Kier alpha value is -2.83. The average Bonchev–Trinajstić information content (AvgIpc) is 3.04. The highest BCUT2D eigenvalue weighted by Gasteiger charge is 2.35. The summed E-state index contributed by atoms with van der Waals surface area (Å²) in [5.74, 6) is -0.266. The predicted octanol–water partition coefficient (Wildman–Crippen LogP) is 3.69. The first kappa shape index (κ1) is 19.5. The van der Waals surface area contributed by atoms with Gasteiger partial charge in [0.25, 0.3) is 0 Å². The van der Waals surface area contributed by atoms with Crippen LogP contribution in [0.3, 0.4) is 0 Å². The molecule has 1 unspecified atom stereocenters. The molecule has 150 valence electrons. The van der Waals surface area contributed by atoms with E-state index in [0.717, 1.165) is 24.3 Å². The summed E-state index contributed by atoms with van der Waals surface area (Å²) in [5, 5.41) is 10.4. The average molecular weight is 411 g/mol. The van der Waals surface area contributed by atoms with Crippen molar-refractivity contribution in [1.29, 1.82) is 0 Å². The van der Waals surface area contributed by atoms with Gasteiger partial charge in [-0.25, -0.2) is 4.98 Å². The van der Waals surface area contributed by atoms with E-state index < -0.39 is 12.0 Å². The van der Waals surface area contributed by atoms with Crippen molar-refractivity contribution in [1.82, 2.24) is 14.5 Å². The first-order valence-electron chi connectivity index (χ1n) is 9.60. The van der Waals surface area contributed by atoms with Gasteiger partial charge in [0, 0.05) is 44.5 Å². The number of anilines is 1. The summed E-state index contributed by atoms with van der Waals surface area (Å²) in [6.45, 7) is 2.76. The molecular formula is C22H23ClN4O2. The molecule has 0 saturated carbocycles. The Kier molecular flexibility index (Phi) is 5.56. The van der Waals surface area contributed by atoms with Crippen LogP contribution in [0.1, 0.15) is 11.7 Å². The van der Waals surface area contributed by atoms with E-state index in [1.807, 2.05) is 60.5 Å². The highest BCUT2D eigenvalue weighted by Crippen LogP contribution is 2.32. The highest BCUT2D eigenvalue weighted by molar-refractivity contribution is 6.30. The van der Waals surface area contributed by atoms with Crippen LogP contribution in [0.4, 0.5) is 5.69 Å². The van der Waals surface area contributed by atoms with Crippen LogP contribution in [0.2, 0.25) is 5.15 Å². The van der Waals surface area contributed by atoms with Gasteiger partial charge in [0.15, 0.2) is 6.04 Å². The van der Waals surface area contributed by atoms with Gasteiger partial charge in [0.1, 0.15) is 16.7 Å². The van der Waals surface area contributed by atoms with E-state index >= 15 is 0 Å². The van der Waals surface area contributed by atoms with Crippen LogP contribution >= 0.6 is 11.6 Å². The summed E-state index contributed by atoms with van der Waals surface area (Å²) in [7, 11) is 1.81. The van der Waals surface area contributed by atoms with Crippen LogP contribution < -0.4 is 4.90 Å². The molecule has 4 rings (SSSR count). The maximum absolute atomic E-state index is 12.2. The summed E-state index contributed by atoms with van der Waals surface area (Å²) < 4.78 is 1.75. The van der Waals surface area contributed by atoms with Gasteiger partial charge in [0.2, 0.25) is 0 Å². The number of aliphatic carboxylic acids is 1. The van der Waals surface area contributed by atoms with E-state index in [-0.39, 0.29) is 0 Å². The van der Waals surface area contributed by atoms with Gasteiger partial charge in [-0.3, -0.25) is 9.69 Å². The number of piperazine rings is 1. The largest absolute Gasteiger partial charge is 0.480 e. The van der Waals surface area contributed by atoms with Crippen LogP contribution in [0.15, 0.2) is 60.7 Å². The summed E-state index contributed by atoms with van der Waals surface area (Å²) in [6.07, 6.45) is 0. The zero-order chi connectivity index (χ0) is 20.4. The molecule has 0 aliphatic carbocycles. The lowest BCUT2D eigenvalue weighted by Gasteiger charge is -2.38. The Morgan fingerprint density at radius 1 is 1.00 bits per heavy atom. The van der Waals surface area contributed by atoms with Crippen LogP contribution in [0.25, 0.3) is 11.4 Å². The molecule has 1 aromatic heterocycles. The van der Waals surface area contributed by atoms with E-state index in [0.29, 0.717) is 29.8 Å². The quantitative estimate of drug-likeness (QED) is 0.695. The van der Waals surface area contributed by atoms with Gasteiger partial charge in [-0.05, 0) is 12.1 Å². The van der Waals surface area contributed by atoms with E-state index in [1.54, 1.807) is 4.57 Å².